The lowest BCUT2D eigenvalue weighted by molar-refractivity contribution is 0.354. The van der Waals surface area contributed by atoms with Gasteiger partial charge in [0.15, 0.2) is 11.5 Å². The van der Waals surface area contributed by atoms with Gasteiger partial charge in [-0.2, -0.15) is 0 Å². The van der Waals surface area contributed by atoms with Gasteiger partial charge >= 0.3 is 0 Å². The minimum Gasteiger partial charge on any atom is -0.493 e. The molecular formula is C15H17BrN2O2S. The monoisotopic (exact) mass is 368 g/mol. The van der Waals surface area contributed by atoms with Crippen molar-refractivity contribution < 1.29 is 9.47 Å². The highest BCUT2D eigenvalue weighted by atomic mass is 79.9. The van der Waals surface area contributed by atoms with Crippen LogP contribution in [-0.2, 0) is 0 Å². The molecule has 1 atom stereocenters. The van der Waals surface area contributed by atoms with Gasteiger partial charge in [-0.15, -0.1) is 11.8 Å². The Balaban J connectivity index is 2.06. The quantitative estimate of drug-likeness (QED) is 0.788. The Morgan fingerprint density at radius 2 is 2.00 bits per heavy atom. The van der Waals surface area contributed by atoms with Gasteiger partial charge in [-0.3, -0.25) is 0 Å². The molecule has 4 nitrogen and oxygen atoms in total. The van der Waals surface area contributed by atoms with Crippen LogP contribution in [0.25, 0.3) is 0 Å². The second-order valence-electron chi connectivity index (χ2n) is 4.32. The Morgan fingerprint density at radius 3 is 2.67 bits per heavy atom. The number of pyridine rings is 1. The van der Waals surface area contributed by atoms with Gasteiger partial charge in [-0.05, 0) is 45.8 Å². The van der Waals surface area contributed by atoms with Crippen molar-refractivity contribution in [3.05, 3.63) is 46.6 Å². The Labute approximate surface area is 137 Å². The van der Waals surface area contributed by atoms with Crippen molar-refractivity contribution >= 4 is 27.7 Å². The SMILES string of the molecule is COc1ccc(C(N)CSc2ncccc2Br)cc1OC. The summed E-state index contributed by atoms with van der Waals surface area (Å²) in [5.74, 6) is 2.12. The number of halogens is 1. The van der Waals surface area contributed by atoms with E-state index < -0.39 is 0 Å². The van der Waals surface area contributed by atoms with Crippen molar-refractivity contribution in [3.63, 3.8) is 0 Å². The van der Waals surface area contributed by atoms with E-state index in [1.165, 1.54) is 0 Å². The van der Waals surface area contributed by atoms with Crippen LogP contribution in [0.2, 0.25) is 0 Å². The summed E-state index contributed by atoms with van der Waals surface area (Å²) in [7, 11) is 3.23. The van der Waals surface area contributed by atoms with Crippen LogP contribution in [0.5, 0.6) is 11.5 Å². The van der Waals surface area contributed by atoms with Crippen molar-refractivity contribution in [1.82, 2.24) is 4.98 Å². The van der Waals surface area contributed by atoms with E-state index in [-0.39, 0.29) is 6.04 Å². The zero-order valence-corrected chi connectivity index (χ0v) is 14.3. The third-order valence-electron chi connectivity index (χ3n) is 2.96. The fourth-order valence-electron chi connectivity index (χ4n) is 1.83. The third kappa shape index (κ3) is 4.12. The second-order valence-corrected chi connectivity index (χ2v) is 6.19. The number of thioether (sulfide) groups is 1. The number of hydrogen-bond acceptors (Lipinski definition) is 5. The molecule has 0 aliphatic carbocycles. The largest absolute Gasteiger partial charge is 0.493 e. The van der Waals surface area contributed by atoms with Gasteiger partial charge in [0.25, 0.3) is 0 Å². The van der Waals surface area contributed by atoms with E-state index in [0.717, 1.165) is 20.8 Å². The number of aromatic nitrogens is 1. The van der Waals surface area contributed by atoms with Crippen molar-refractivity contribution in [2.75, 3.05) is 20.0 Å². The molecule has 1 aromatic carbocycles. The van der Waals surface area contributed by atoms with E-state index in [1.807, 2.05) is 30.3 Å². The van der Waals surface area contributed by atoms with E-state index in [2.05, 4.69) is 20.9 Å². The van der Waals surface area contributed by atoms with Gasteiger partial charge in [-0.1, -0.05) is 6.07 Å². The topological polar surface area (TPSA) is 57.4 Å². The van der Waals surface area contributed by atoms with Gasteiger partial charge in [0.05, 0.1) is 14.2 Å². The van der Waals surface area contributed by atoms with Crippen molar-refractivity contribution in [2.24, 2.45) is 5.73 Å². The Hall–Kier alpha value is -1.24. The van der Waals surface area contributed by atoms with E-state index in [4.69, 9.17) is 15.2 Å². The highest BCUT2D eigenvalue weighted by Gasteiger charge is 2.12. The molecule has 1 aromatic heterocycles. The molecule has 2 aromatic rings. The molecular weight excluding hydrogens is 352 g/mol. The van der Waals surface area contributed by atoms with Crippen LogP contribution >= 0.6 is 27.7 Å². The zero-order chi connectivity index (χ0) is 15.2. The lowest BCUT2D eigenvalue weighted by Crippen LogP contribution is -2.13. The lowest BCUT2D eigenvalue weighted by atomic mass is 10.1. The Morgan fingerprint density at radius 1 is 1.24 bits per heavy atom. The molecule has 0 radical (unpaired) electrons. The van der Waals surface area contributed by atoms with E-state index in [0.29, 0.717) is 11.5 Å². The van der Waals surface area contributed by atoms with Crippen molar-refractivity contribution in [3.8, 4) is 11.5 Å². The number of nitrogens with zero attached hydrogens (tertiary/aromatic N) is 1. The predicted octanol–water partition coefficient (Wildman–Crippen LogP) is 3.65. The molecule has 1 unspecified atom stereocenters. The molecule has 0 fully saturated rings. The van der Waals surface area contributed by atoms with Gasteiger partial charge in [0, 0.05) is 22.5 Å². The van der Waals surface area contributed by atoms with Gasteiger partial charge in [0.1, 0.15) is 5.03 Å². The molecule has 21 heavy (non-hydrogen) atoms. The van der Waals surface area contributed by atoms with Gasteiger partial charge in [0.2, 0.25) is 0 Å². The minimum atomic E-state index is -0.108. The van der Waals surface area contributed by atoms with Crippen LogP contribution < -0.4 is 15.2 Å². The predicted molar refractivity (Wildman–Crippen MR) is 89.1 cm³/mol. The summed E-state index contributed by atoms with van der Waals surface area (Å²) in [6.07, 6.45) is 1.77. The summed E-state index contributed by atoms with van der Waals surface area (Å²) in [6.45, 7) is 0. The molecule has 2 N–H and O–H groups in total. The fraction of sp³-hybridized carbons (Fsp3) is 0.267. The first-order valence-corrected chi connectivity index (χ1v) is 8.14. The summed E-state index contributed by atoms with van der Waals surface area (Å²) in [5, 5.41) is 0.938. The highest BCUT2D eigenvalue weighted by Crippen LogP contribution is 2.32. The molecule has 0 spiro atoms. The standard InChI is InChI=1S/C15H17BrN2O2S/c1-19-13-6-5-10(8-14(13)20-2)12(17)9-21-15-11(16)4-3-7-18-15/h3-8,12H,9,17H2,1-2H3. The number of rotatable bonds is 6. The molecule has 0 saturated heterocycles. The number of benzene rings is 1. The van der Waals surface area contributed by atoms with Gasteiger partial charge < -0.3 is 15.2 Å². The second kappa shape index (κ2) is 7.68. The highest BCUT2D eigenvalue weighted by molar-refractivity contribution is 9.10. The Bertz CT molecular complexity index is 610. The van der Waals surface area contributed by atoms with Crippen LogP contribution in [-0.4, -0.2) is 25.0 Å². The van der Waals surface area contributed by atoms with Crippen LogP contribution in [0.15, 0.2) is 46.0 Å². The van der Waals surface area contributed by atoms with Crippen LogP contribution in [0.3, 0.4) is 0 Å². The molecule has 6 heteroatoms. The normalized spacial score (nSPS) is 12.0. The maximum atomic E-state index is 6.25. The molecule has 2 rings (SSSR count). The van der Waals surface area contributed by atoms with Crippen molar-refractivity contribution in [1.29, 1.82) is 0 Å². The smallest absolute Gasteiger partial charge is 0.161 e. The van der Waals surface area contributed by atoms with Crippen LogP contribution in [0, 0.1) is 0 Å². The maximum absolute atomic E-state index is 6.25. The third-order valence-corrected chi connectivity index (χ3v) is 4.99. The number of hydrogen-bond donors (Lipinski definition) is 1. The lowest BCUT2D eigenvalue weighted by Gasteiger charge is -2.14. The molecule has 0 amide bonds. The maximum Gasteiger partial charge on any atom is 0.161 e. The summed E-state index contributed by atoms with van der Waals surface area (Å²) in [6, 6.07) is 9.50. The molecule has 0 saturated carbocycles. The first-order chi connectivity index (χ1) is 10.2. The van der Waals surface area contributed by atoms with Crippen LogP contribution in [0.4, 0.5) is 0 Å². The summed E-state index contributed by atoms with van der Waals surface area (Å²) >= 11 is 5.10. The average Bonchev–Trinajstić information content (AvgIpc) is 2.53. The molecule has 112 valence electrons. The minimum absolute atomic E-state index is 0.108. The summed E-state index contributed by atoms with van der Waals surface area (Å²) in [4.78, 5) is 4.32. The number of nitrogens with two attached hydrogens (primary N) is 1. The first kappa shape index (κ1) is 16.1. The summed E-state index contributed by atoms with van der Waals surface area (Å²) < 4.78 is 11.5. The van der Waals surface area contributed by atoms with Crippen LogP contribution in [0.1, 0.15) is 11.6 Å². The summed E-state index contributed by atoms with van der Waals surface area (Å²) in [5.41, 5.74) is 7.25. The molecule has 0 aliphatic rings. The van der Waals surface area contributed by atoms with E-state index >= 15 is 0 Å². The van der Waals surface area contributed by atoms with E-state index in [1.54, 1.807) is 32.2 Å². The number of methoxy groups -OCH3 is 2. The fourth-order valence-corrected chi connectivity index (χ4v) is 3.30. The number of ether oxygens (including phenoxy) is 2. The van der Waals surface area contributed by atoms with Gasteiger partial charge in [-0.25, -0.2) is 4.98 Å². The Kier molecular flexibility index (Phi) is 5.90. The van der Waals surface area contributed by atoms with E-state index in [9.17, 15) is 0 Å². The van der Waals surface area contributed by atoms with Crippen molar-refractivity contribution in [2.45, 2.75) is 11.1 Å². The zero-order valence-electron chi connectivity index (χ0n) is 11.9. The molecule has 1 heterocycles. The average molecular weight is 369 g/mol. The molecule has 0 bridgehead atoms. The first-order valence-electron chi connectivity index (χ1n) is 6.36. The molecule has 0 aliphatic heterocycles.